The molecule has 1 aliphatic heterocycles. The first kappa shape index (κ1) is 15.6. The first-order valence-electron chi connectivity index (χ1n) is 7.36. The number of aliphatic hydroxyl groups excluding tert-OH is 1. The van der Waals surface area contributed by atoms with Gasteiger partial charge in [-0.3, -0.25) is 10.1 Å². The van der Waals surface area contributed by atoms with Gasteiger partial charge in [-0.15, -0.1) is 0 Å². The zero-order chi connectivity index (χ0) is 15.4. The molecule has 0 bridgehead atoms. The Morgan fingerprint density at radius 1 is 1.52 bits per heavy atom. The van der Waals surface area contributed by atoms with Crippen molar-refractivity contribution < 1.29 is 14.8 Å². The lowest BCUT2D eigenvalue weighted by molar-refractivity contribution is -0.384. The Morgan fingerprint density at radius 3 is 2.86 bits per heavy atom. The van der Waals surface area contributed by atoms with Crippen molar-refractivity contribution in [1.29, 1.82) is 0 Å². The van der Waals surface area contributed by atoms with Crippen LogP contribution in [0.2, 0.25) is 0 Å². The first-order valence-corrected chi connectivity index (χ1v) is 7.36. The first-order chi connectivity index (χ1) is 10.0. The van der Waals surface area contributed by atoms with Crippen LogP contribution in [0.1, 0.15) is 26.7 Å². The predicted octanol–water partition coefficient (Wildman–Crippen LogP) is 2.59. The minimum atomic E-state index is -0.398. The Balaban J connectivity index is 2.22. The van der Waals surface area contributed by atoms with Crippen LogP contribution in [0.3, 0.4) is 0 Å². The third kappa shape index (κ3) is 3.85. The van der Waals surface area contributed by atoms with Gasteiger partial charge in [-0.1, -0.05) is 6.92 Å². The highest BCUT2D eigenvalue weighted by Crippen LogP contribution is 2.32. The third-order valence-electron chi connectivity index (χ3n) is 3.83. The molecule has 0 radical (unpaired) electrons. The Bertz CT molecular complexity index is 504. The van der Waals surface area contributed by atoms with Gasteiger partial charge in [0.15, 0.2) is 0 Å². The Labute approximate surface area is 124 Å². The van der Waals surface area contributed by atoms with E-state index in [0.717, 1.165) is 25.1 Å². The highest BCUT2D eigenvalue weighted by Gasteiger charge is 2.27. The SMILES string of the molecule is CCCOc1cc(N2CCC(C(C)O)C2)cc([N+](=O)[O-])c1. The molecule has 0 saturated carbocycles. The number of nitrogens with zero attached hydrogens (tertiary/aromatic N) is 2. The van der Waals surface area contributed by atoms with Crippen LogP contribution in [0.5, 0.6) is 5.75 Å². The monoisotopic (exact) mass is 294 g/mol. The molecule has 1 aromatic rings. The molecule has 6 nitrogen and oxygen atoms in total. The second-order valence-electron chi connectivity index (χ2n) is 5.53. The van der Waals surface area contributed by atoms with Gasteiger partial charge in [0.2, 0.25) is 0 Å². The molecular weight excluding hydrogens is 272 g/mol. The van der Waals surface area contributed by atoms with Gasteiger partial charge in [-0.25, -0.2) is 0 Å². The average molecular weight is 294 g/mol. The minimum absolute atomic E-state index is 0.0408. The van der Waals surface area contributed by atoms with Gasteiger partial charge >= 0.3 is 0 Å². The Kier molecular flexibility index (Phi) is 5.01. The van der Waals surface area contributed by atoms with E-state index in [-0.39, 0.29) is 17.7 Å². The van der Waals surface area contributed by atoms with Gasteiger partial charge in [0, 0.05) is 36.8 Å². The maximum Gasteiger partial charge on any atom is 0.275 e. The summed E-state index contributed by atoms with van der Waals surface area (Å²) in [6.07, 6.45) is 1.39. The van der Waals surface area contributed by atoms with Crippen LogP contribution in [0.4, 0.5) is 11.4 Å². The van der Waals surface area contributed by atoms with E-state index >= 15 is 0 Å². The number of hydrogen-bond acceptors (Lipinski definition) is 5. The van der Waals surface area contributed by atoms with Gasteiger partial charge in [0.1, 0.15) is 5.75 Å². The molecule has 0 amide bonds. The summed E-state index contributed by atoms with van der Waals surface area (Å²) in [5, 5.41) is 20.7. The van der Waals surface area contributed by atoms with Crippen molar-refractivity contribution in [3.63, 3.8) is 0 Å². The van der Waals surface area contributed by atoms with Gasteiger partial charge in [0.25, 0.3) is 5.69 Å². The van der Waals surface area contributed by atoms with Crippen LogP contribution in [0.15, 0.2) is 18.2 Å². The third-order valence-corrected chi connectivity index (χ3v) is 3.83. The molecule has 0 aromatic heterocycles. The zero-order valence-corrected chi connectivity index (χ0v) is 12.5. The van der Waals surface area contributed by atoms with Gasteiger partial charge in [0.05, 0.1) is 23.7 Å². The molecule has 1 aromatic carbocycles. The molecule has 2 rings (SSSR count). The van der Waals surface area contributed by atoms with Gasteiger partial charge in [-0.05, 0) is 19.8 Å². The zero-order valence-electron chi connectivity index (χ0n) is 12.5. The second-order valence-corrected chi connectivity index (χ2v) is 5.53. The number of nitro groups is 1. The van der Waals surface area contributed by atoms with E-state index in [0.29, 0.717) is 18.9 Å². The summed E-state index contributed by atoms with van der Waals surface area (Å²) < 4.78 is 5.54. The number of ether oxygens (including phenoxy) is 1. The minimum Gasteiger partial charge on any atom is -0.493 e. The predicted molar refractivity (Wildman–Crippen MR) is 80.9 cm³/mol. The summed E-state index contributed by atoms with van der Waals surface area (Å²) >= 11 is 0. The Morgan fingerprint density at radius 2 is 2.29 bits per heavy atom. The number of nitro benzene ring substituents is 1. The van der Waals surface area contributed by atoms with Crippen molar-refractivity contribution >= 4 is 11.4 Å². The fourth-order valence-corrected chi connectivity index (χ4v) is 2.57. The van der Waals surface area contributed by atoms with Crippen molar-refractivity contribution in [2.24, 2.45) is 5.92 Å². The van der Waals surface area contributed by atoms with Crippen LogP contribution in [-0.4, -0.2) is 35.8 Å². The molecule has 1 heterocycles. The molecule has 1 aliphatic rings. The molecule has 1 fully saturated rings. The van der Waals surface area contributed by atoms with Crippen molar-refractivity contribution in [3.05, 3.63) is 28.3 Å². The second kappa shape index (κ2) is 6.76. The summed E-state index contributed by atoms with van der Waals surface area (Å²) in [5.74, 6) is 0.741. The number of anilines is 1. The van der Waals surface area contributed by atoms with Crippen LogP contribution < -0.4 is 9.64 Å². The van der Waals surface area contributed by atoms with Crippen LogP contribution in [0, 0.1) is 16.0 Å². The quantitative estimate of drug-likeness (QED) is 0.644. The van der Waals surface area contributed by atoms with E-state index in [1.807, 2.05) is 13.0 Å². The molecule has 6 heteroatoms. The molecule has 2 unspecified atom stereocenters. The summed E-state index contributed by atoms with van der Waals surface area (Å²) in [4.78, 5) is 12.7. The van der Waals surface area contributed by atoms with Crippen molar-refractivity contribution in [3.8, 4) is 5.75 Å². The summed E-state index contributed by atoms with van der Waals surface area (Å²) in [7, 11) is 0. The number of hydrogen-bond donors (Lipinski definition) is 1. The standard InChI is InChI=1S/C15H22N2O4/c1-3-6-21-15-8-13(7-14(9-15)17(19)20)16-5-4-12(10-16)11(2)18/h7-9,11-12,18H,3-6,10H2,1-2H3. The fraction of sp³-hybridized carbons (Fsp3) is 0.600. The van der Waals surface area contributed by atoms with Crippen LogP contribution in [0.25, 0.3) is 0 Å². The van der Waals surface area contributed by atoms with E-state index < -0.39 is 4.92 Å². The number of benzene rings is 1. The van der Waals surface area contributed by atoms with Crippen molar-refractivity contribution in [1.82, 2.24) is 0 Å². The molecule has 21 heavy (non-hydrogen) atoms. The molecule has 0 spiro atoms. The van der Waals surface area contributed by atoms with E-state index in [1.165, 1.54) is 6.07 Å². The smallest absolute Gasteiger partial charge is 0.275 e. The normalized spacial score (nSPS) is 19.6. The maximum atomic E-state index is 11.1. The van der Waals surface area contributed by atoms with Crippen LogP contribution in [-0.2, 0) is 0 Å². The van der Waals surface area contributed by atoms with E-state index in [4.69, 9.17) is 4.74 Å². The van der Waals surface area contributed by atoms with E-state index in [2.05, 4.69) is 4.90 Å². The van der Waals surface area contributed by atoms with Crippen molar-refractivity contribution in [2.45, 2.75) is 32.8 Å². The highest BCUT2D eigenvalue weighted by molar-refractivity contribution is 5.58. The lowest BCUT2D eigenvalue weighted by Gasteiger charge is -2.20. The lowest BCUT2D eigenvalue weighted by atomic mass is 10.0. The number of rotatable bonds is 6. The maximum absolute atomic E-state index is 11.1. The lowest BCUT2D eigenvalue weighted by Crippen LogP contribution is -2.23. The summed E-state index contributed by atoms with van der Waals surface area (Å²) in [6.45, 7) is 5.83. The molecular formula is C15H22N2O4. The summed E-state index contributed by atoms with van der Waals surface area (Å²) in [5.41, 5.74) is 0.831. The molecule has 116 valence electrons. The fourth-order valence-electron chi connectivity index (χ4n) is 2.57. The average Bonchev–Trinajstić information content (AvgIpc) is 2.94. The van der Waals surface area contributed by atoms with E-state index in [1.54, 1.807) is 13.0 Å². The number of aliphatic hydroxyl groups is 1. The van der Waals surface area contributed by atoms with Crippen LogP contribution >= 0.6 is 0 Å². The molecule has 1 saturated heterocycles. The highest BCUT2D eigenvalue weighted by atomic mass is 16.6. The topological polar surface area (TPSA) is 75.8 Å². The van der Waals surface area contributed by atoms with Gasteiger partial charge in [-0.2, -0.15) is 0 Å². The van der Waals surface area contributed by atoms with Crippen molar-refractivity contribution in [2.75, 3.05) is 24.6 Å². The van der Waals surface area contributed by atoms with Gasteiger partial charge < -0.3 is 14.7 Å². The molecule has 2 atom stereocenters. The molecule has 0 aliphatic carbocycles. The molecule has 1 N–H and O–H groups in total. The van der Waals surface area contributed by atoms with E-state index in [9.17, 15) is 15.2 Å². The Hall–Kier alpha value is -1.82. The number of non-ortho nitro benzene ring substituents is 1. The largest absolute Gasteiger partial charge is 0.493 e. The summed E-state index contributed by atoms with van der Waals surface area (Å²) in [6, 6.07) is 4.87.